The van der Waals surface area contributed by atoms with Crippen LogP contribution < -0.4 is 5.32 Å². The SMILES string of the molecule is CCN(CC(=O)NCc1ccc(Cl)cc1)S(=O)(=O)c1cccc(Br)c1. The molecule has 0 heterocycles. The second-order valence-corrected chi connectivity index (χ2v) is 8.58. The van der Waals surface area contributed by atoms with Crippen LogP contribution >= 0.6 is 27.5 Å². The van der Waals surface area contributed by atoms with E-state index >= 15 is 0 Å². The molecule has 0 unspecified atom stereocenters. The molecule has 1 amide bonds. The van der Waals surface area contributed by atoms with E-state index in [4.69, 9.17) is 11.6 Å². The Morgan fingerprint density at radius 1 is 1.20 bits per heavy atom. The lowest BCUT2D eigenvalue weighted by Gasteiger charge is -2.20. The van der Waals surface area contributed by atoms with Crippen LogP contribution in [0.3, 0.4) is 0 Å². The Kier molecular flexibility index (Phi) is 7.01. The molecule has 0 radical (unpaired) electrons. The van der Waals surface area contributed by atoms with Gasteiger partial charge in [0.15, 0.2) is 0 Å². The maximum Gasteiger partial charge on any atom is 0.243 e. The molecule has 0 spiro atoms. The molecule has 0 atom stereocenters. The maximum absolute atomic E-state index is 12.7. The van der Waals surface area contributed by atoms with Gasteiger partial charge in [0, 0.05) is 22.6 Å². The number of likely N-dealkylation sites (N-methyl/N-ethyl adjacent to an activating group) is 1. The molecule has 0 aliphatic heterocycles. The summed E-state index contributed by atoms with van der Waals surface area (Å²) in [5, 5.41) is 3.34. The first-order valence-electron chi connectivity index (χ1n) is 7.60. The predicted molar refractivity (Wildman–Crippen MR) is 102 cm³/mol. The number of sulfonamides is 1. The summed E-state index contributed by atoms with van der Waals surface area (Å²) in [7, 11) is -3.73. The molecule has 0 bridgehead atoms. The zero-order chi connectivity index (χ0) is 18.4. The normalized spacial score (nSPS) is 11.5. The third kappa shape index (κ3) is 5.54. The summed E-state index contributed by atoms with van der Waals surface area (Å²) in [5.74, 6) is -0.365. The highest BCUT2D eigenvalue weighted by Crippen LogP contribution is 2.19. The number of nitrogens with one attached hydrogen (secondary N) is 1. The van der Waals surface area contributed by atoms with Crippen molar-refractivity contribution in [2.75, 3.05) is 13.1 Å². The molecule has 2 aromatic rings. The van der Waals surface area contributed by atoms with Crippen molar-refractivity contribution in [3.8, 4) is 0 Å². The molecular weight excluding hydrogens is 428 g/mol. The summed E-state index contributed by atoms with van der Waals surface area (Å²) < 4.78 is 27.2. The number of rotatable bonds is 7. The van der Waals surface area contributed by atoms with Crippen LogP contribution in [0.4, 0.5) is 0 Å². The number of benzene rings is 2. The Labute approximate surface area is 161 Å². The average molecular weight is 446 g/mol. The summed E-state index contributed by atoms with van der Waals surface area (Å²) in [4.78, 5) is 12.3. The fourth-order valence-electron chi connectivity index (χ4n) is 2.16. The Morgan fingerprint density at radius 2 is 1.88 bits per heavy atom. The van der Waals surface area contributed by atoms with E-state index in [2.05, 4.69) is 21.2 Å². The van der Waals surface area contributed by atoms with E-state index in [1.807, 2.05) is 0 Å². The van der Waals surface area contributed by atoms with Gasteiger partial charge >= 0.3 is 0 Å². The Hall–Kier alpha value is -1.41. The largest absolute Gasteiger partial charge is 0.351 e. The third-order valence-corrected chi connectivity index (χ3v) is 6.17. The number of carbonyl (C=O) groups excluding carboxylic acids is 1. The number of carbonyl (C=O) groups is 1. The van der Waals surface area contributed by atoms with E-state index in [9.17, 15) is 13.2 Å². The molecule has 134 valence electrons. The summed E-state index contributed by atoms with van der Waals surface area (Å²) in [6, 6.07) is 13.5. The van der Waals surface area contributed by atoms with Crippen molar-refractivity contribution >= 4 is 43.5 Å². The van der Waals surface area contributed by atoms with Crippen LogP contribution in [0.25, 0.3) is 0 Å². The molecule has 0 aromatic heterocycles. The predicted octanol–water partition coefficient (Wildman–Crippen LogP) is 3.43. The van der Waals surface area contributed by atoms with Gasteiger partial charge < -0.3 is 5.32 Å². The van der Waals surface area contributed by atoms with Crippen LogP contribution in [0.1, 0.15) is 12.5 Å². The van der Waals surface area contributed by atoms with Crippen LogP contribution in [0, 0.1) is 0 Å². The van der Waals surface area contributed by atoms with Crippen molar-refractivity contribution in [1.29, 1.82) is 0 Å². The summed E-state index contributed by atoms with van der Waals surface area (Å²) in [6.45, 7) is 1.97. The molecule has 2 aromatic carbocycles. The molecule has 0 aliphatic carbocycles. The van der Waals surface area contributed by atoms with Crippen LogP contribution in [0.5, 0.6) is 0 Å². The van der Waals surface area contributed by atoms with Crippen molar-refractivity contribution < 1.29 is 13.2 Å². The fourth-order valence-corrected chi connectivity index (χ4v) is 4.29. The van der Waals surface area contributed by atoms with Crippen molar-refractivity contribution in [2.24, 2.45) is 0 Å². The zero-order valence-corrected chi connectivity index (χ0v) is 16.7. The molecule has 5 nitrogen and oxygen atoms in total. The molecule has 0 aliphatic rings. The zero-order valence-electron chi connectivity index (χ0n) is 13.6. The fraction of sp³-hybridized carbons (Fsp3) is 0.235. The molecule has 8 heteroatoms. The highest BCUT2D eigenvalue weighted by molar-refractivity contribution is 9.10. The molecule has 0 saturated heterocycles. The molecular formula is C17H18BrClN2O3S. The maximum atomic E-state index is 12.7. The highest BCUT2D eigenvalue weighted by atomic mass is 79.9. The van der Waals surface area contributed by atoms with E-state index in [0.29, 0.717) is 16.0 Å². The van der Waals surface area contributed by atoms with Crippen molar-refractivity contribution in [1.82, 2.24) is 9.62 Å². The molecule has 2 rings (SSSR count). The van der Waals surface area contributed by atoms with Gasteiger partial charge in [0.05, 0.1) is 11.4 Å². The van der Waals surface area contributed by atoms with E-state index in [-0.39, 0.29) is 23.9 Å². The van der Waals surface area contributed by atoms with Gasteiger partial charge in [-0.1, -0.05) is 52.7 Å². The lowest BCUT2D eigenvalue weighted by atomic mass is 10.2. The second-order valence-electron chi connectivity index (χ2n) is 5.29. The van der Waals surface area contributed by atoms with E-state index in [1.54, 1.807) is 43.3 Å². The van der Waals surface area contributed by atoms with Crippen molar-refractivity contribution in [3.63, 3.8) is 0 Å². The first-order valence-corrected chi connectivity index (χ1v) is 10.2. The van der Waals surface area contributed by atoms with Gasteiger partial charge in [0.25, 0.3) is 0 Å². The Bertz CT molecular complexity index is 841. The first kappa shape index (κ1) is 19.9. The van der Waals surface area contributed by atoms with Crippen LogP contribution in [0.15, 0.2) is 57.9 Å². The monoisotopic (exact) mass is 444 g/mol. The molecule has 0 saturated carbocycles. The average Bonchev–Trinajstić information content (AvgIpc) is 2.59. The van der Waals surface area contributed by atoms with Gasteiger partial charge in [-0.3, -0.25) is 4.79 Å². The Morgan fingerprint density at radius 3 is 2.48 bits per heavy atom. The van der Waals surface area contributed by atoms with Gasteiger partial charge in [-0.05, 0) is 35.9 Å². The minimum Gasteiger partial charge on any atom is -0.351 e. The quantitative estimate of drug-likeness (QED) is 0.710. The number of hydrogen-bond acceptors (Lipinski definition) is 3. The van der Waals surface area contributed by atoms with Crippen molar-refractivity contribution in [2.45, 2.75) is 18.4 Å². The standard InChI is InChI=1S/C17H18BrClN2O3S/c1-2-21(25(23,24)16-5-3-4-14(18)10-16)12-17(22)20-11-13-6-8-15(19)9-7-13/h3-10H,2,11-12H2,1H3,(H,20,22). The summed E-state index contributed by atoms with van der Waals surface area (Å²) >= 11 is 9.08. The van der Waals surface area contributed by atoms with E-state index < -0.39 is 10.0 Å². The first-order chi connectivity index (χ1) is 11.8. The molecule has 1 N–H and O–H groups in total. The van der Waals surface area contributed by atoms with E-state index in [0.717, 1.165) is 9.87 Å². The number of halogens is 2. The van der Waals surface area contributed by atoms with Gasteiger partial charge in [-0.2, -0.15) is 4.31 Å². The van der Waals surface area contributed by atoms with Gasteiger partial charge in [-0.25, -0.2) is 8.42 Å². The van der Waals surface area contributed by atoms with Crippen LogP contribution in [0.2, 0.25) is 5.02 Å². The van der Waals surface area contributed by atoms with Crippen LogP contribution in [-0.4, -0.2) is 31.7 Å². The van der Waals surface area contributed by atoms with Crippen molar-refractivity contribution in [3.05, 3.63) is 63.6 Å². The highest BCUT2D eigenvalue weighted by Gasteiger charge is 2.25. The summed E-state index contributed by atoms with van der Waals surface area (Å²) in [6.07, 6.45) is 0. The smallest absolute Gasteiger partial charge is 0.243 e. The van der Waals surface area contributed by atoms with Gasteiger partial charge in [0.2, 0.25) is 15.9 Å². The van der Waals surface area contributed by atoms with Crippen LogP contribution in [-0.2, 0) is 21.4 Å². The Balaban J connectivity index is 2.02. The minimum atomic E-state index is -3.73. The lowest BCUT2D eigenvalue weighted by Crippen LogP contribution is -2.40. The second kappa shape index (κ2) is 8.80. The lowest BCUT2D eigenvalue weighted by molar-refractivity contribution is -0.121. The topological polar surface area (TPSA) is 66.5 Å². The van der Waals surface area contributed by atoms with E-state index in [1.165, 1.54) is 12.1 Å². The molecule has 0 fully saturated rings. The summed E-state index contributed by atoms with van der Waals surface area (Å²) in [5.41, 5.74) is 0.885. The number of amides is 1. The number of nitrogens with zero attached hydrogens (tertiary/aromatic N) is 1. The van der Waals surface area contributed by atoms with Gasteiger partial charge in [-0.15, -0.1) is 0 Å². The van der Waals surface area contributed by atoms with Gasteiger partial charge in [0.1, 0.15) is 0 Å². The molecule has 25 heavy (non-hydrogen) atoms. The number of hydrogen-bond donors (Lipinski definition) is 1. The third-order valence-electron chi connectivity index (χ3n) is 3.51. The minimum absolute atomic E-state index is 0.147.